The minimum atomic E-state index is -0.523. The first-order chi connectivity index (χ1) is 20.2. The first kappa shape index (κ1) is 30.0. The number of hydrogen-bond donors (Lipinski definition) is 3. The molecule has 0 aliphatic heterocycles. The van der Waals surface area contributed by atoms with Crippen molar-refractivity contribution in [2.75, 3.05) is 10.6 Å². The van der Waals surface area contributed by atoms with Crippen LogP contribution in [0.1, 0.15) is 22.8 Å². The second-order valence-corrected chi connectivity index (χ2v) is 10.8. The number of carbonyl (C=O) groups is 3. The van der Waals surface area contributed by atoms with Crippen LogP contribution in [0.15, 0.2) is 114 Å². The van der Waals surface area contributed by atoms with Crippen LogP contribution in [-0.4, -0.2) is 27.9 Å². The fourth-order valence-electron chi connectivity index (χ4n) is 3.65. The maximum atomic E-state index is 13.2. The topological polar surface area (TPSA) is 130 Å². The molecular weight excluding hydrogens is 576 g/mol. The molecule has 0 bridgehead atoms. The highest BCUT2D eigenvalue weighted by atomic mass is 35.5. The van der Waals surface area contributed by atoms with E-state index in [4.69, 9.17) is 11.6 Å². The Morgan fingerprint density at radius 1 is 0.833 bits per heavy atom. The molecule has 3 amide bonds. The van der Waals surface area contributed by atoms with Crippen LogP contribution in [0.2, 0.25) is 5.02 Å². The number of carbonyl (C=O) groups excluding carboxylic acids is 3. The van der Waals surface area contributed by atoms with E-state index >= 15 is 0 Å². The van der Waals surface area contributed by atoms with Crippen molar-refractivity contribution in [2.45, 2.75) is 17.1 Å². The second-order valence-electron chi connectivity index (χ2n) is 8.96. The normalized spacial score (nSPS) is 11.7. The zero-order valence-electron chi connectivity index (χ0n) is 22.2. The molecule has 4 rings (SSSR count). The number of rotatable bonds is 10. The molecule has 0 aromatic heterocycles. The average molecular weight is 601 g/mol. The van der Waals surface area contributed by atoms with E-state index < -0.39 is 22.0 Å². The fraction of sp³-hybridized carbons (Fsp3) is 0.0645. The third kappa shape index (κ3) is 8.53. The zero-order chi connectivity index (χ0) is 30.1. The lowest BCUT2D eigenvalue weighted by Gasteiger charge is -2.13. The van der Waals surface area contributed by atoms with E-state index in [9.17, 15) is 24.5 Å². The van der Waals surface area contributed by atoms with Gasteiger partial charge in [-0.2, -0.15) is 0 Å². The van der Waals surface area contributed by atoms with Gasteiger partial charge in [-0.3, -0.25) is 24.5 Å². The smallest absolute Gasteiger partial charge is 0.272 e. The molecule has 4 aromatic carbocycles. The predicted molar refractivity (Wildman–Crippen MR) is 165 cm³/mol. The van der Waals surface area contributed by atoms with E-state index in [1.54, 1.807) is 91.9 Å². The number of nitrogens with one attached hydrogen (secondary N) is 3. The summed E-state index contributed by atoms with van der Waals surface area (Å²) in [7, 11) is 0. The molecule has 0 aliphatic rings. The lowest BCUT2D eigenvalue weighted by molar-refractivity contribution is -0.384. The number of nitrogens with zero attached hydrogens (tertiary/aromatic N) is 1. The molecule has 4 aromatic rings. The SMILES string of the molecule is CC(Sc1ccc(NC(=O)/C(=C/c2ccc(Cl)cc2)NC(=O)c2ccccc2)cc1)C(=O)Nc1ccc([N+](=O)[O-])cc1. The predicted octanol–water partition coefficient (Wildman–Crippen LogP) is 6.78. The number of benzene rings is 4. The van der Waals surface area contributed by atoms with E-state index in [-0.39, 0.29) is 17.3 Å². The van der Waals surface area contributed by atoms with E-state index in [1.165, 1.54) is 36.0 Å². The standard InChI is InChI=1S/C31H25ClN4O5S/c1-20(29(37)33-24-11-15-26(16-12-24)36(40)41)42-27-17-13-25(14-18-27)34-31(39)28(19-21-7-9-23(32)10-8-21)35-30(38)22-5-3-2-4-6-22/h2-20H,1H3,(H,33,37)(H,34,39)(H,35,38)/b28-19-. The third-order valence-electron chi connectivity index (χ3n) is 5.85. The average Bonchev–Trinajstić information content (AvgIpc) is 2.99. The van der Waals surface area contributed by atoms with Gasteiger partial charge in [0.2, 0.25) is 5.91 Å². The van der Waals surface area contributed by atoms with Crippen molar-refractivity contribution in [3.05, 3.63) is 135 Å². The van der Waals surface area contributed by atoms with Crippen LogP contribution in [0.25, 0.3) is 6.08 Å². The maximum Gasteiger partial charge on any atom is 0.272 e. The van der Waals surface area contributed by atoms with Gasteiger partial charge in [-0.1, -0.05) is 41.9 Å². The molecule has 212 valence electrons. The molecule has 0 heterocycles. The third-order valence-corrected chi connectivity index (χ3v) is 7.21. The van der Waals surface area contributed by atoms with Crippen molar-refractivity contribution in [3.8, 4) is 0 Å². The van der Waals surface area contributed by atoms with Gasteiger partial charge in [0, 0.05) is 39.0 Å². The summed E-state index contributed by atoms with van der Waals surface area (Å²) in [5, 5.41) is 19.1. The fourth-order valence-corrected chi connectivity index (χ4v) is 4.64. The van der Waals surface area contributed by atoms with Crippen molar-refractivity contribution >= 4 is 64.2 Å². The molecule has 3 N–H and O–H groups in total. The summed E-state index contributed by atoms with van der Waals surface area (Å²) >= 11 is 7.29. The molecule has 42 heavy (non-hydrogen) atoms. The van der Waals surface area contributed by atoms with Gasteiger partial charge in [0.1, 0.15) is 5.70 Å². The van der Waals surface area contributed by atoms with Crippen molar-refractivity contribution in [1.82, 2.24) is 5.32 Å². The van der Waals surface area contributed by atoms with Gasteiger partial charge in [0.05, 0.1) is 10.2 Å². The van der Waals surface area contributed by atoms with Crippen molar-refractivity contribution in [3.63, 3.8) is 0 Å². The molecule has 1 unspecified atom stereocenters. The molecule has 0 aliphatic carbocycles. The largest absolute Gasteiger partial charge is 0.325 e. The Hall–Kier alpha value is -4.93. The number of anilines is 2. The summed E-state index contributed by atoms with van der Waals surface area (Å²) in [4.78, 5) is 49.7. The van der Waals surface area contributed by atoms with Crippen LogP contribution in [-0.2, 0) is 9.59 Å². The number of non-ortho nitro benzene ring substituents is 1. The summed E-state index contributed by atoms with van der Waals surface area (Å²) in [6.07, 6.45) is 1.56. The highest BCUT2D eigenvalue weighted by Crippen LogP contribution is 2.26. The number of halogens is 1. The van der Waals surface area contributed by atoms with Gasteiger partial charge in [-0.05, 0) is 79.2 Å². The minimum absolute atomic E-state index is 0.0427. The number of hydrogen-bond acceptors (Lipinski definition) is 6. The molecule has 0 saturated carbocycles. The first-order valence-electron chi connectivity index (χ1n) is 12.6. The molecule has 1 atom stereocenters. The lowest BCUT2D eigenvalue weighted by Crippen LogP contribution is -2.30. The summed E-state index contributed by atoms with van der Waals surface area (Å²) in [5.41, 5.74) is 2.00. The Morgan fingerprint density at radius 3 is 2.05 bits per heavy atom. The molecule has 0 fully saturated rings. The Balaban J connectivity index is 1.40. The Morgan fingerprint density at radius 2 is 1.43 bits per heavy atom. The van der Waals surface area contributed by atoms with Crippen molar-refractivity contribution in [2.24, 2.45) is 0 Å². The highest BCUT2D eigenvalue weighted by molar-refractivity contribution is 8.00. The van der Waals surface area contributed by atoms with Crippen LogP contribution in [0.3, 0.4) is 0 Å². The van der Waals surface area contributed by atoms with E-state index in [0.29, 0.717) is 27.5 Å². The second kappa shape index (κ2) is 14.1. The summed E-state index contributed by atoms with van der Waals surface area (Å²) in [6, 6.07) is 27.9. The molecule has 0 radical (unpaired) electrons. The quantitative estimate of drug-likeness (QED) is 0.0796. The Kier molecular flexibility index (Phi) is 10.1. The van der Waals surface area contributed by atoms with Gasteiger partial charge < -0.3 is 16.0 Å². The molecule has 0 spiro atoms. The van der Waals surface area contributed by atoms with E-state index in [2.05, 4.69) is 16.0 Å². The van der Waals surface area contributed by atoms with Gasteiger partial charge in [0.15, 0.2) is 0 Å². The molecule has 11 heteroatoms. The van der Waals surface area contributed by atoms with Crippen molar-refractivity contribution < 1.29 is 19.3 Å². The Bertz CT molecular complexity index is 1610. The molecule has 0 saturated heterocycles. The number of thioether (sulfide) groups is 1. The number of nitro groups is 1. The monoisotopic (exact) mass is 600 g/mol. The van der Waals surface area contributed by atoms with Gasteiger partial charge >= 0.3 is 0 Å². The van der Waals surface area contributed by atoms with E-state index in [0.717, 1.165) is 4.90 Å². The van der Waals surface area contributed by atoms with Crippen molar-refractivity contribution in [1.29, 1.82) is 0 Å². The van der Waals surface area contributed by atoms with Gasteiger partial charge in [-0.15, -0.1) is 11.8 Å². The summed E-state index contributed by atoms with van der Waals surface area (Å²) < 4.78 is 0. The van der Waals surface area contributed by atoms with Crippen LogP contribution < -0.4 is 16.0 Å². The number of nitro benzene ring substituents is 1. The minimum Gasteiger partial charge on any atom is -0.325 e. The zero-order valence-corrected chi connectivity index (χ0v) is 23.8. The lowest BCUT2D eigenvalue weighted by atomic mass is 10.1. The molecular formula is C31H25ClN4O5S. The Labute approximate surface area is 251 Å². The van der Waals surface area contributed by atoms with Gasteiger partial charge in [0.25, 0.3) is 17.5 Å². The van der Waals surface area contributed by atoms with E-state index in [1.807, 2.05) is 0 Å². The maximum absolute atomic E-state index is 13.2. The van der Waals surface area contributed by atoms with Crippen LogP contribution in [0.4, 0.5) is 17.1 Å². The number of amides is 3. The first-order valence-corrected chi connectivity index (χ1v) is 13.9. The molecule has 9 nitrogen and oxygen atoms in total. The van der Waals surface area contributed by atoms with Crippen LogP contribution >= 0.6 is 23.4 Å². The summed E-state index contributed by atoms with van der Waals surface area (Å²) in [5.74, 6) is -1.22. The van der Waals surface area contributed by atoms with Gasteiger partial charge in [-0.25, -0.2) is 0 Å². The van der Waals surface area contributed by atoms with Crippen LogP contribution in [0, 0.1) is 10.1 Å². The van der Waals surface area contributed by atoms with Crippen LogP contribution in [0.5, 0.6) is 0 Å². The summed E-state index contributed by atoms with van der Waals surface area (Å²) in [6.45, 7) is 1.74. The highest BCUT2D eigenvalue weighted by Gasteiger charge is 2.17.